The van der Waals surface area contributed by atoms with E-state index < -0.39 is 0 Å². The number of carbonyl (C=O) groups excluding carboxylic acids is 2. The first-order valence-corrected chi connectivity index (χ1v) is 8.64. The van der Waals surface area contributed by atoms with Crippen molar-refractivity contribution in [3.8, 4) is 5.75 Å². The van der Waals surface area contributed by atoms with E-state index in [0.29, 0.717) is 17.7 Å². The van der Waals surface area contributed by atoms with E-state index in [1.165, 1.54) is 6.92 Å². The van der Waals surface area contributed by atoms with E-state index in [9.17, 15) is 9.59 Å². The maximum atomic E-state index is 12.7. The van der Waals surface area contributed by atoms with Crippen molar-refractivity contribution >= 4 is 11.7 Å². The Kier molecular flexibility index (Phi) is 4.66. The summed E-state index contributed by atoms with van der Waals surface area (Å²) in [7, 11) is 1.66. The molecule has 1 heterocycles. The molecule has 0 radical (unpaired) electrons. The van der Waals surface area contributed by atoms with Gasteiger partial charge in [0.05, 0.1) is 7.11 Å². The smallest absolute Gasteiger partial charge is 0.268 e. The molecule has 1 aromatic heterocycles. The maximum Gasteiger partial charge on any atom is 0.268 e. The number of carbonyl (C=O) groups is 2. The number of hydrogen-bond acceptors (Lipinski definition) is 3. The van der Waals surface area contributed by atoms with Gasteiger partial charge in [0.1, 0.15) is 11.4 Å². The summed E-state index contributed by atoms with van der Waals surface area (Å²) in [5.74, 6) is 0.972. The normalized spacial score (nSPS) is 18.7. The second-order valence-electron chi connectivity index (χ2n) is 6.55. The Morgan fingerprint density at radius 3 is 2.68 bits per heavy atom. The van der Waals surface area contributed by atoms with Crippen molar-refractivity contribution in [2.24, 2.45) is 0 Å². The monoisotopic (exact) mass is 340 g/mol. The summed E-state index contributed by atoms with van der Waals surface area (Å²) >= 11 is 0. The summed E-state index contributed by atoms with van der Waals surface area (Å²) < 4.78 is 5.41. The number of aryl methyl sites for hydroxylation is 1. The van der Waals surface area contributed by atoms with Crippen molar-refractivity contribution in [1.82, 2.24) is 10.3 Å². The van der Waals surface area contributed by atoms with E-state index in [2.05, 4.69) is 10.3 Å². The molecule has 1 aliphatic carbocycles. The number of ketones is 1. The van der Waals surface area contributed by atoms with E-state index in [-0.39, 0.29) is 23.7 Å². The first-order chi connectivity index (χ1) is 12.0. The Morgan fingerprint density at radius 1 is 1.32 bits per heavy atom. The van der Waals surface area contributed by atoms with Crippen molar-refractivity contribution in [2.45, 2.75) is 45.6 Å². The first kappa shape index (κ1) is 17.3. The molecule has 1 aliphatic rings. The Bertz CT molecular complexity index is 822. The highest BCUT2D eigenvalue weighted by atomic mass is 16.5. The second kappa shape index (κ2) is 6.75. The number of aromatic amines is 1. The number of H-pyrrole nitrogens is 1. The summed E-state index contributed by atoms with van der Waals surface area (Å²) in [4.78, 5) is 27.7. The lowest BCUT2D eigenvalue weighted by atomic mass is 10.0. The van der Waals surface area contributed by atoms with Crippen LogP contribution in [-0.2, 0) is 6.42 Å². The van der Waals surface area contributed by atoms with Gasteiger partial charge < -0.3 is 15.0 Å². The molecule has 1 amide bonds. The van der Waals surface area contributed by atoms with Crippen LogP contribution >= 0.6 is 0 Å². The number of aromatic nitrogens is 1. The lowest BCUT2D eigenvalue weighted by Gasteiger charge is -2.09. The lowest BCUT2D eigenvalue weighted by molar-refractivity contribution is 0.0944. The van der Waals surface area contributed by atoms with Gasteiger partial charge in [-0.3, -0.25) is 9.59 Å². The van der Waals surface area contributed by atoms with Gasteiger partial charge in [-0.15, -0.1) is 0 Å². The lowest BCUT2D eigenvalue weighted by Crippen LogP contribution is -2.28. The fourth-order valence-electron chi connectivity index (χ4n) is 3.61. The van der Waals surface area contributed by atoms with Crippen LogP contribution in [0, 0.1) is 6.92 Å². The predicted octanol–water partition coefficient (Wildman–Crippen LogP) is 3.38. The Morgan fingerprint density at radius 2 is 2.04 bits per heavy atom. The largest absolute Gasteiger partial charge is 0.496 e. The fourth-order valence-corrected chi connectivity index (χ4v) is 3.61. The van der Waals surface area contributed by atoms with E-state index in [4.69, 9.17) is 4.74 Å². The van der Waals surface area contributed by atoms with Crippen LogP contribution in [-0.4, -0.2) is 29.8 Å². The number of methoxy groups -OCH3 is 1. The van der Waals surface area contributed by atoms with Gasteiger partial charge >= 0.3 is 0 Å². The van der Waals surface area contributed by atoms with Crippen molar-refractivity contribution in [2.75, 3.05) is 7.11 Å². The van der Waals surface area contributed by atoms with E-state index in [1.807, 2.05) is 38.1 Å². The molecule has 2 aromatic rings. The molecule has 0 saturated heterocycles. The summed E-state index contributed by atoms with van der Waals surface area (Å²) in [6.45, 7) is 5.33. The van der Waals surface area contributed by atoms with Gasteiger partial charge in [-0.25, -0.2) is 0 Å². The third-order valence-corrected chi connectivity index (χ3v) is 4.87. The molecular weight excluding hydrogens is 316 g/mol. The second-order valence-corrected chi connectivity index (χ2v) is 6.55. The highest BCUT2D eigenvalue weighted by molar-refractivity contribution is 6.02. The number of hydrogen-bond donors (Lipinski definition) is 2. The van der Waals surface area contributed by atoms with Crippen LogP contribution < -0.4 is 10.1 Å². The molecule has 5 nitrogen and oxygen atoms in total. The third kappa shape index (κ3) is 3.18. The van der Waals surface area contributed by atoms with Crippen LogP contribution in [0.15, 0.2) is 24.3 Å². The number of benzene rings is 1. The van der Waals surface area contributed by atoms with Gasteiger partial charge in [0, 0.05) is 23.2 Å². The number of nitrogens with one attached hydrogen (secondary N) is 2. The topological polar surface area (TPSA) is 71.2 Å². The standard InChI is InChI=1S/C20H24N2O3/c1-5-13-18(12(3)23)11(2)21-19(13)20(24)22-16-10-15(16)14-8-6-7-9-17(14)25-4/h6-9,15-16,21H,5,10H2,1-4H3,(H,22,24)/t15-,16-/m1/s1. The van der Waals surface area contributed by atoms with Gasteiger partial charge in [0.25, 0.3) is 5.91 Å². The van der Waals surface area contributed by atoms with Gasteiger partial charge in [-0.05, 0) is 43.9 Å². The van der Waals surface area contributed by atoms with E-state index >= 15 is 0 Å². The maximum absolute atomic E-state index is 12.7. The summed E-state index contributed by atoms with van der Waals surface area (Å²) in [5, 5.41) is 3.09. The van der Waals surface area contributed by atoms with Crippen LogP contribution in [0.4, 0.5) is 0 Å². The highest BCUT2D eigenvalue weighted by Gasteiger charge is 2.41. The SMILES string of the molecule is CCc1c(C(=O)N[C@@H]2C[C@@H]2c2ccccc2OC)[nH]c(C)c1C(C)=O. The third-order valence-electron chi connectivity index (χ3n) is 4.87. The number of ether oxygens (including phenoxy) is 1. The molecule has 5 heteroatoms. The van der Waals surface area contributed by atoms with Crippen LogP contribution in [0.1, 0.15) is 63.9 Å². The van der Waals surface area contributed by atoms with Crippen molar-refractivity contribution in [1.29, 1.82) is 0 Å². The minimum atomic E-state index is -0.144. The van der Waals surface area contributed by atoms with Crippen molar-refractivity contribution < 1.29 is 14.3 Å². The molecule has 0 bridgehead atoms. The number of para-hydroxylation sites is 1. The zero-order valence-corrected chi connectivity index (χ0v) is 15.1. The number of rotatable bonds is 6. The molecule has 1 fully saturated rings. The van der Waals surface area contributed by atoms with Crippen LogP contribution in [0.3, 0.4) is 0 Å². The molecule has 0 unspecified atom stereocenters. The molecule has 25 heavy (non-hydrogen) atoms. The Hall–Kier alpha value is -2.56. The zero-order valence-electron chi connectivity index (χ0n) is 15.1. The van der Waals surface area contributed by atoms with Gasteiger partial charge in [0.15, 0.2) is 5.78 Å². The van der Waals surface area contributed by atoms with Crippen LogP contribution in [0.2, 0.25) is 0 Å². The van der Waals surface area contributed by atoms with E-state index in [0.717, 1.165) is 29.0 Å². The highest BCUT2D eigenvalue weighted by Crippen LogP contribution is 2.44. The number of Topliss-reactive ketones (excluding diaryl/α,β-unsaturated/α-hetero) is 1. The zero-order chi connectivity index (χ0) is 18.1. The minimum Gasteiger partial charge on any atom is -0.496 e. The molecule has 2 N–H and O–H groups in total. The van der Waals surface area contributed by atoms with E-state index in [1.54, 1.807) is 7.11 Å². The molecule has 2 atom stereocenters. The molecule has 0 spiro atoms. The number of amides is 1. The summed E-state index contributed by atoms with van der Waals surface area (Å²) in [6, 6.07) is 8.00. The van der Waals surface area contributed by atoms with Crippen LogP contribution in [0.5, 0.6) is 5.75 Å². The van der Waals surface area contributed by atoms with Crippen molar-refractivity contribution in [3.63, 3.8) is 0 Å². The Labute approximate surface area is 147 Å². The molecule has 132 valence electrons. The molecule has 1 aromatic carbocycles. The fraction of sp³-hybridized carbons (Fsp3) is 0.400. The predicted molar refractivity (Wildman–Crippen MR) is 96.5 cm³/mol. The molecule has 1 saturated carbocycles. The minimum absolute atomic E-state index is 0.0111. The molecule has 3 rings (SSSR count). The quantitative estimate of drug-likeness (QED) is 0.792. The summed E-state index contributed by atoms with van der Waals surface area (Å²) in [5.41, 5.74) is 3.84. The van der Waals surface area contributed by atoms with Crippen LogP contribution in [0.25, 0.3) is 0 Å². The average Bonchev–Trinajstić information content (AvgIpc) is 3.26. The first-order valence-electron chi connectivity index (χ1n) is 8.64. The van der Waals surface area contributed by atoms with Gasteiger partial charge in [0.2, 0.25) is 0 Å². The van der Waals surface area contributed by atoms with Crippen molar-refractivity contribution in [3.05, 3.63) is 52.3 Å². The molecular formula is C20H24N2O3. The van der Waals surface area contributed by atoms with Gasteiger partial charge in [-0.1, -0.05) is 25.1 Å². The Balaban J connectivity index is 1.77. The average molecular weight is 340 g/mol. The van der Waals surface area contributed by atoms with Gasteiger partial charge in [-0.2, -0.15) is 0 Å². The molecule has 0 aliphatic heterocycles. The summed E-state index contributed by atoms with van der Waals surface area (Å²) in [6.07, 6.45) is 1.54.